The molecule has 0 spiro atoms. The molecular formula is C16H17F2N3O3S. The van der Waals surface area contributed by atoms with Crippen molar-refractivity contribution in [3.05, 3.63) is 53.9 Å². The summed E-state index contributed by atoms with van der Waals surface area (Å²) in [5.74, 6) is -2.27. The second kappa shape index (κ2) is 6.75. The number of rotatable bonds is 4. The zero-order valence-corrected chi connectivity index (χ0v) is 14.6. The van der Waals surface area contributed by atoms with Crippen molar-refractivity contribution in [3.63, 3.8) is 0 Å². The van der Waals surface area contributed by atoms with Gasteiger partial charge in [-0.1, -0.05) is 0 Å². The number of nitrogens with one attached hydrogen (secondary N) is 2. The first-order chi connectivity index (χ1) is 11.5. The molecule has 0 aliphatic carbocycles. The standard InChI is InChI=1S/C16H17F2N3O3S/c1-16(2,3)20-15(22)14-5-4-13(9-19-14)25(23,24)21-12-7-10(17)6-11(18)8-12/h4-9,21H,1-3H3,(H,20,22). The molecule has 25 heavy (non-hydrogen) atoms. The summed E-state index contributed by atoms with van der Waals surface area (Å²) in [4.78, 5) is 15.5. The van der Waals surface area contributed by atoms with Crippen LogP contribution in [0.4, 0.5) is 14.5 Å². The molecule has 0 atom stereocenters. The van der Waals surface area contributed by atoms with Crippen LogP contribution in [0, 0.1) is 11.6 Å². The van der Waals surface area contributed by atoms with Crippen LogP contribution in [0.1, 0.15) is 31.3 Å². The second-order valence-corrected chi connectivity index (χ2v) is 8.03. The van der Waals surface area contributed by atoms with Crippen molar-refractivity contribution >= 4 is 21.6 Å². The van der Waals surface area contributed by atoms with Gasteiger partial charge in [0, 0.05) is 17.8 Å². The fourth-order valence-corrected chi connectivity index (χ4v) is 2.89. The lowest BCUT2D eigenvalue weighted by Gasteiger charge is -2.20. The molecule has 6 nitrogen and oxygen atoms in total. The normalized spacial score (nSPS) is 11.9. The van der Waals surface area contributed by atoms with E-state index in [9.17, 15) is 22.0 Å². The van der Waals surface area contributed by atoms with Gasteiger partial charge in [0.2, 0.25) is 0 Å². The van der Waals surface area contributed by atoms with Gasteiger partial charge in [-0.15, -0.1) is 0 Å². The van der Waals surface area contributed by atoms with Gasteiger partial charge in [-0.05, 0) is 45.0 Å². The molecule has 1 aromatic carbocycles. The number of hydrogen-bond donors (Lipinski definition) is 2. The van der Waals surface area contributed by atoms with Gasteiger partial charge >= 0.3 is 0 Å². The van der Waals surface area contributed by atoms with E-state index in [1.54, 1.807) is 20.8 Å². The van der Waals surface area contributed by atoms with Crippen molar-refractivity contribution in [2.75, 3.05) is 4.72 Å². The summed E-state index contributed by atoms with van der Waals surface area (Å²) in [6.45, 7) is 5.39. The predicted octanol–water partition coefficient (Wildman–Crippen LogP) is 2.69. The minimum Gasteiger partial charge on any atom is -0.346 e. The summed E-state index contributed by atoms with van der Waals surface area (Å²) in [7, 11) is -4.10. The average molecular weight is 369 g/mol. The van der Waals surface area contributed by atoms with Crippen LogP contribution < -0.4 is 10.0 Å². The number of hydrogen-bond acceptors (Lipinski definition) is 4. The summed E-state index contributed by atoms with van der Waals surface area (Å²) >= 11 is 0. The van der Waals surface area contributed by atoms with E-state index in [1.807, 2.05) is 0 Å². The van der Waals surface area contributed by atoms with Crippen molar-refractivity contribution < 1.29 is 22.0 Å². The third-order valence-corrected chi connectivity index (χ3v) is 4.25. The Labute approximate surface area is 144 Å². The Hall–Kier alpha value is -2.55. The fraction of sp³-hybridized carbons (Fsp3) is 0.250. The zero-order valence-electron chi connectivity index (χ0n) is 13.8. The van der Waals surface area contributed by atoms with Crippen LogP contribution >= 0.6 is 0 Å². The number of carbonyl (C=O) groups excluding carboxylic acids is 1. The van der Waals surface area contributed by atoms with E-state index in [4.69, 9.17) is 0 Å². The number of halogens is 2. The first kappa shape index (κ1) is 18.8. The molecule has 0 radical (unpaired) electrons. The highest BCUT2D eigenvalue weighted by Crippen LogP contribution is 2.18. The van der Waals surface area contributed by atoms with E-state index in [1.165, 1.54) is 12.1 Å². The number of carbonyl (C=O) groups is 1. The summed E-state index contributed by atoms with van der Waals surface area (Å²) in [5, 5.41) is 2.70. The Kier molecular flexibility index (Phi) is 5.07. The number of aromatic nitrogens is 1. The molecule has 0 fully saturated rings. The topological polar surface area (TPSA) is 88.2 Å². The average Bonchev–Trinajstić information content (AvgIpc) is 2.44. The fourth-order valence-electron chi connectivity index (χ4n) is 1.91. The molecule has 0 aliphatic heterocycles. The van der Waals surface area contributed by atoms with Crippen LogP contribution in [0.15, 0.2) is 41.4 Å². The lowest BCUT2D eigenvalue weighted by Crippen LogP contribution is -2.40. The number of sulfonamides is 1. The van der Waals surface area contributed by atoms with Gasteiger partial charge in [0.15, 0.2) is 0 Å². The molecule has 1 heterocycles. The maximum atomic E-state index is 13.2. The van der Waals surface area contributed by atoms with Crippen molar-refractivity contribution in [3.8, 4) is 0 Å². The minimum absolute atomic E-state index is 0.0469. The molecule has 0 saturated carbocycles. The van der Waals surface area contributed by atoms with Gasteiger partial charge in [-0.2, -0.15) is 0 Å². The van der Waals surface area contributed by atoms with E-state index in [0.717, 1.165) is 18.3 Å². The van der Waals surface area contributed by atoms with Gasteiger partial charge in [0.05, 0.1) is 5.69 Å². The highest BCUT2D eigenvalue weighted by molar-refractivity contribution is 7.92. The Bertz CT molecular complexity index is 872. The predicted molar refractivity (Wildman–Crippen MR) is 88.6 cm³/mol. The molecule has 9 heteroatoms. The third-order valence-electron chi connectivity index (χ3n) is 2.88. The van der Waals surface area contributed by atoms with Crippen molar-refractivity contribution in [2.45, 2.75) is 31.2 Å². The second-order valence-electron chi connectivity index (χ2n) is 6.35. The first-order valence-corrected chi connectivity index (χ1v) is 8.72. The Morgan fingerprint density at radius 1 is 1.08 bits per heavy atom. The van der Waals surface area contributed by atoms with Crippen molar-refractivity contribution in [1.29, 1.82) is 0 Å². The van der Waals surface area contributed by atoms with Gasteiger partial charge in [-0.25, -0.2) is 22.2 Å². The van der Waals surface area contributed by atoms with Crippen molar-refractivity contribution in [2.24, 2.45) is 0 Å². The van der Waals surface area contributed by atoms with E-state index in [-0.39, 0.29) is 16.3 Å². The molecule has 0 aliphatic rings. The molecule has 2 N–H and O–H groups in total. The first-order valence-electron chi connectivity index (χ1n) is 7.24. The van der Waals surface area contributed by atoms with Crippen LogP contribution in [0.3, 0.4) is 0 Å². The summed E-state index contributed by atoms with van der Waals surface area (Å²) in [5.41, 5.74) is -0.676. The van der Waals surface area contributed by atoms with Crippen LogP contribution in [0.25, 0.3) is 0 Å². The number of nitrogens with zero attached hydrogens (tertiary/aromatic N) is 1. The summed E-state index contributed by atoms with van der Waals surface area (Å²) in [6.07, 6.45) is 0.996. The molecule has 1 amide bonds. The van der Waals surface area contributed by atoms with E-state index < -0.39 is 33.1 Å². The lowest BCUT2D eigenvalue weighted by atomic mass is 10.1. The molecule has 0 bridgehead atoms. The van der Waals surface area contributed by atoms with E-state index in [2.05, 4.69) is 15.0 Å². The minimum atomic E-state index is -4.10. The molecule has 134 valence electrons. The molecule has 2 aromatic rings. The van der Waals surface area contributed by atoms with Gasteiger partial charge in [0.1, 0.15) is 22.2 Å². The maximum Gasteiger partial charge on any atom is 0.270 e. The summed E-state index contributed by atoms with van der Waals surface area (Å²) < 4.78 is 52.8. The van der Waals surface area contributed by atoms with Gasteiger partial charge in [0.25, 0.3) is 15.9 Å². The highest BCUT2D eigenvalue weighted by atomic mass is 32.2. The molecule has 0 unspecified atom stereocenters. The van der Waals surface area contributed by atoms with E-state index >= 15 is 0 Å². The van der Waals surface area contributed by atoms with Crippen molar-refractivity contribution in [1.82, 2.24) is 10.3 Å². The SMILES string of the molecule is CC(C)(C)NC(=O)c1ccc(S(=O)(=O)Nc2cc(F)cc(F)c2)cn1. The monoisotopic (exact) mass is 369 g/mol. The Morgan fingerprint density at radius 2 is 1.68 bits per heavy atom. The number of pyridine rings is 1. The third kappa shape index (κ3) is 5.21. The number of benzene rings is 1. The largest absolute Gasteiger partial charge is 0.346 e. The van der Waals surface area contributed by atoms with Crippen LogP contribution in [-0.2, 0) is 10.0 Å². The number of amides is 1. The molecule has 2 rings (SSSR count). The molecule has 1 aromatic heterocycles. The Balaban J connectivity index is 2.21. The quantitative estimate of drug-likeness (QED) is 0.867. The van der Waals surface area contributed by atoms with E-state index in [0.29, 0.717) is 6.07 Å². The molecule has 0 saturated heterocycles. The molecular weight excluding hydrogens is 352 g/mol. The maximum absolute atomic E-state index is 13.2. The summed E-state index contributed by atoms with van der Waals surface area (Å²) in [6, 6.07) is 4.75. The van der Waals surface area contributed by atoms with Crippen LogP contribution in [0.5, 0.6) is 0 Å². The van der Waals surface area contributed by atoms with Crippen LogP contribution in [0.2, 0.25) is 0 Å². The van der Waals surface area contributed by atoms with Gasteiger partial charge in [-0.3, -0.25) is 9.52 Å². The van der Waals surface area contributed by atoms with Crippen LogP contribution in [-0.4, -0.2) is 24.8 Å². The smallest absolute Gasteiger partial charge is 0.270 e. The Morgan fingerprint density at radius 3 is 2.16 bits per heavy atom. The lowest BCUT2D eigenvalue weighted by molar-refractivity contribution is 0.0914. The van der Waals surface area contributed by atoms with Gasteiger partial charge < -0.3 is 5.32 Å². The zero-order chi connectivity index (χ0) is 18.8. The highest BCUT2D eigenvalue weighted by Gasteiger charge is 2.19. The number of anilines is 1.